The maximum absolute atomic E-state index is 14.2. The number of amides is 3. The van der Waals surface area contributed by atoms with Crippen molar-refractivity contribution in [3.8, 4) is 5.69 Å². The van der Waals surface area contributed by atoms with Crippen molar-refractivity contribution >= 4 is 34.9 Å². The molecule has 6 rings (SSSR count). The number of carbonyl (C=O) groups excluding carboxylic acids is 2. The Morgan fingerprint density at radius 1 is 1.00 bits per heavy atom. The van der Waals surface area contributed by atoms with E-state index in [9.17, 15) is 28.3 Å². The van der Waals surface area contributed by atoms with Crippen LogP contribution in [0, 0.1) is 11.6 Å². The number of aromatic nitrogens is 1. The molecule has 3 N–H and O–H groups in total. The van der Waals surface area contributed by atoms with Gasteiger partial charge in [-0.05, 0) is 54.6 Å². The third-order valence-corrected chi connectivity index (χ3v) is 7.17. The number of benzene rings is 3. The summed E-state index contributed by atoms with van der Waals surface area (Å²) in [5.41, 5.74) is 1.46. The van der Waals surface area contributed by atoms with Gasteiger partial charge in [-0.2, -0.15) is 0 Å². The van der Waals surface area contributed by atoms with Gasteiger partial charge in [0.2, 0.25) is 0 Å². The van der Waals surface area contributed by atoms with E-state index in [1.165, 1.54) is 64.2 Å². The molecular weight excluding hydrogens is 530 g/mol. The highest BCUT2D eigenvalue weighted by Crippen LogP contribution is 2.41. The zero-order chi connectivity index (χ0) is 27.4. The van der Waals surface area contributed by atoms with Crippen molar-refractivity contribution in [2.75, 3.05) is 16.8 Å². The van der Waals surface area contributed by atoms with Crippen LogP contribution in [0.1, 0.15) is 39.2 Å². The number of aliphatic hydroxyl groups is 1. The molecule has 8 nitrogen and oxygen atoms in total. The van der Waals surface area contributed by atoms with Crippen LogP contribution in [0.4, 0.5) is 25.0 Å². The number of nitrogens with zero attached hydrogens (tertiary/aromatic N) is 2. The zero-order valence-electron chi connectivity index (χ0n) is 20.0. The lowest BCUT2D eigenvalue weighted by Crippen LogP contribution is -2.34. The Hall–Kier alpha value is -4.54. The first kappa shape index (κ1) is 24.8. The number of pyridine rings is 1. The van der Waals surface area contributed by atoms with Crippen LogP contribution in [-0.2, 0) is 0 Å². The SMILES string of the molecule is O=C1N[C@@H](c2cc(F)ccc2Cl)c2c(NC(=O)N3C[C@@H](O)c4cc(F)ccc43)cc(-n3ccccc3=O)cc21. The number of nitrogens with one attached hydrogen (secondary N) is 2. The van der Waals surface area contributed by atoms with Crippen molar-refractivity contribution in [2.24, 2.45) is 0 Å². The van der Waals surface area contributed by atoms with Crippen molar-refractivity contribution in [3.05, 3.63) is 122 Å². The number of carbonyl (C=O) groups is 2. The Bertz CT molecular complexity index is 1740. The van der Waals surface area contributed by atoms with E-state index in [0.717, 1.165) is 6.07 Å². The molecule has 2 aliphatic rings. The van der Waals surface area contributed by atoms with Crippen LogP contribution in [0.15, 0.2) is 77.7 Å². The highest BCUT2D eigenvalue weighted by molar-refractivity contribution is 6.31. The molecule has 2 aliphatic heterocycles. The first-order chi connectivity index (χ1) is 18.7. The molecule has 0 saturated heterocycles. The number of fused-ring (bicyclic) bond motifs is 2. The smallest absolute Gasteiger partial charge is 0.326 e. The van der Waals surface area contributed by atoms with Crippen LogP contribution in [0.5, 0.6) is 0 Å². The highest BCUT2D eigenvalue weighted by Gasteiger charge is 2.37. The molecule has 11 heteroatoms. The summed E-state index contributed by atoms with van der Waals surface area (Å²) in [7, 11) is 0. The molecule has 3 aromatic carbocycles. The summed E-state index contributed by atoms with van der Waals surface area (Å²) in [6.45, 7) is -0.124. The molecule has 0 aliphatic carbocycles. The average molecular weight is 549 g/mol. The van der Waals surface area contributed by atoms with Crippen LogP contribution in [0.25, 0.3) is 5.69 Å². The molecular formula is C28H19ClF2N4O4. The Morgan fingerprint density at radius 2 is 1.74 bits per heavy atom. The highest BCUT2D eigenvalue weighted by atomic mass is 35.5. The molecule has 0 unspecified atom stereocenters. The van der Waals surface area contributed by atoms with Crippen LogP contribution in [0.3, 0.4) is 0 Å². The van der Waals surface area contributed by atoms with Gasteiger partial charge in [-0.25, -0.2) is 13.6 Å². The average Bonchev–Trinajstić information content (AvgIpc) is 3.42. The molecule has 0 fully saturated rings. The molecule has 39 heavy (non-hydrogen) atoms. The van der Waals surface area contributed by atoms with Gasteiger partial charge in [-0.3, -0.25) is 19.1 Å². The molecule has 2 atom stereocenters. The minimum absolute atomic E-state index is 0.124. The summed E-state index contributed by atoms with van der Waals surface area (Å²) in [6, 6.07) is 13.5. The summed E-state index contributed by atoms with van der Waals surface area (Å²) < 4.78 is 29.3. The standard InChI is InChI=1S/C28H19ClF2N4O4/c29-20-6-4-14(30)9-17(20)26-25-19(27(38)33-26)11-16(34-8-2-1-3-24(34)37)12-21(25)32-28(39)35-13-23(36)18-10-15(31)5-7-22(18)35/h1-12,23,26,36H,13H2,(H,32,39)(H,33,38)/t23-,26+/m1/s1. The Kier molecular flexibility index (Phi) is 5.93. The molecule has 4 aromatic rings. The predicted octanol–water partition coefficient (Wildman–Crippen LogP) is 4.69. The van der Waals surface area contributed by atoms with Crippen LogP contribution < -0.4 is 21.1 Å². The molecule has 0 radical (unpaired) electrons. The maximum atomic E-state index is 14.2. The molecule has 3 heterocycles. The van der Waals surface area contributed by atoms with Gasteiger partial charge in [0.15, 0.2) is 0 Å². The molecule has 0 bridgehead atoms. The van der Waals surface area contributed by atoms with Crippen molar-refractivity contribution in [1.29, 1.82) is 0 Å². The van der Waals surface area contributed by atoms with Crippen molar-refractivity contribution in [1.82, 2.24) is 9.88 Å². The summed E-state index contributed by atoms with van der Waals surface area (Å²) in [5, 5.41) is 16.2. The van der Waals surface area contributed by atoms with Gasteiger partial charge >= 0.3 is 6.03 Å². The van der Waals surface area contributed by atoms with E-state index in [2.05, 4.69) is 10.6 Å². The van der Waals surface area contributed by atoms with E-state index >= 15 is 0 Å². The fourth-order valence-electron chi connectivity index (χ4n) is 5.05. The largest absolute Gasteiger partial charge is 0.386 e. The number of halogens is 3. The lowest BCUT2D eigenvalue weighted by Gasteiger charge is -2.22. The number of hydrogen-bond donors (Lipinski definition) is 3. The summed E-state index contributed by atoms with van der Waals surface area (Å²) in [5.74, 6) is -1.62. The van der Waals surface area contributed by atoms with Crippen LogP contribution in [-0.4, -0.2) is 28.2 Å². The number of rotatable bonds is 3. The number of anilines is 2. The van der Waals surface area contributed by atoms with Gasteiger partial charge in [-0.1, -0.05) is 17.7 Å². The predicted molar refractivity (Wildman–Crippen MR) is 140 cm³/mol. The van der Waals surface area contributed by atoms with Crippen molar-refractivity contribution in [3.63, 3.8) is 0 Å². The van der Waals surface area contributed by atoms with Crippen molar-refractivity contribution in [2.45, 2.75) is 12.1 Å². The normalized spacial score (nSPS) is 17.5. The molecule has 0 saturated carbocycles. The topological polar surface area (TPSA) is 104 Å². The van der Waals surface area contributed by atoms with E-state index in [-0.39, 0.29) is 39.5 Å². The lowest BCUT2D eigenvalue weighted by molar-refractivity contribution is 0.0960. The number of urea groups is 1. The fraction of sp³-hybridized carbons (Fsp3) is 0.107. The molecule has 1 aromatic heterocycles. The minimum atomic E-state index is -1.09. The van der Waals surface area contributed by atoms with E-state index in [1.807, 2.05) is 0 Å². The summed E-state index contributed by atoms with van der Waals surface area (Å²) in [6.07, 6.45) is 0.425. The van der Waals surface area contributed by atoms with E-state index in [1.54, 1.807) is 12.1 Å². The van der Waals surface area contributed by atoms with Crippen LogP contribution in [0.2, 0.25) is 5.02 Å². The van der Waals surface area contributed by atoms with Gasteiger partial charge in [0.05, 0.1) is 35.8 Å². The Labute approximate surface area is 225 Å². The zero-order valence-corrected chi connectivity index (χ0v) is 20.7. The van der Waals surface area contributed by atoms with Gasteiger partial charge in [0, 0.05) is 39.5 Å². The van der Waals surface area contributed by atoms with Crippen LogP contribution >= 0.6 is 11.6 Å². The quantitative estimate of drug-likeness (QED) is 0.346. The third-order valence-electron chi connectivity index (χ3n) is 6.82. The number of hydrogen-bond acceptors (Lipinski definition) is 4. The van der Waals surface area contributed by atoms with Gasteiger partial charge in [0.25, 0.3) is 11.5 Å². The number of β-amino-alcohol motifs (C(OH)–C–C–N with tert-alkyl or cyclic N) is 1. The second-order valence-corrected chi connectivity index (χ2v) is 9.60. The maximum Gasteiger partial charge on any atom is 0.326 e. The van der Waals surface area contributed by atoms with Gasteiger partial charge < -0.3 is 15.7 Å². The van der Waals surface area contributed by atoms with E-state index in [0.29, 0.717) is 16.9 Å². The number of aliphatic hydroxyl groups excluding tert-OH is 1. The first-order valence-corrected chi connectivity index (χ1v) is 12.3. The Balaban J connectivity index is 1.49. The first-order valence-electron chi connectivity index (χ1n) is 11.9. The van der Waals surface area contributed by atoms with E-state index in [4.69, 9.17) is 11.6 Å². The van der Waals surface area contributed by atoms with E-state index < -0.39 is 35.7 Å². The summed E-state index contributed by atoms with van der Waals surface area (Å²) >= 11 is 6.37. The fourth-order valence-corrected chi connectivity index (χ4v) is 5.28. The van der Waals surface area contributed by atoms with Gasteiger partial charge in [-0.15, -0.1) is 0 Å². The Morgan fingerprint density at radius 3 is 2.51 bits per heavy atom. The minimum Gasteiger partial charge on any atom is -0.386 e. The van der Waals surface area contributed by atoms with Gasteiger partial charge in [0.1, 0.15) is 11.6 Å². The second kappa shape index (κ2) is 9.33. The molecule has 3 amide bonds. The van der Waals surface area contributed by atoms with Crippen molar-refractivity contribution < 1.29 is 23.5 Å². The molecule has 196 valence electrons. The third kappa shape index (κ3) is 4.23. The molecule has 0 spiro atoms. The second-order valence-electron chi connectivity index (χ2n) is 9.20. The monoisotopic (exact) mass is 548 g/mol. The lowest BCUT2D eigenvalue weighted by atomic mass is 9.95. The summed E-state index contributed by atoms with van der Waals surface area (Å²) in [4.78, 5) is 40.5.